The molecule has 2 saturated heterocycles. The van der Waals surface area contributed by atoms with Crippen molar-refractivity contribution in [2.75, 3.05) is 6.54 Å². The molecule has 2 heterocycles. The zero-order valence-corrected chi connectivity index (χ0v) is 19.6. The van der Waals surface area contributed by atoms with E-state index >= 15 is 0 Å². The second-order valence-corrected chi connectivity index (χ2v) is 12.1. The Bertz CT molecular complexity index is 876. The molecule has 7 unspecified atom stereocenters. The number of allylic oxidation sites excluding steroid dienone is 2. The van der Waals surface area contributed by atoms with E-state index in [4.69, 9.17) is 4.74 Å². The maximum absolute atomic E-state index is 14.1. The van der Waals surface area contributed by atoms with Gasteiger partial charge in [-0.05, 0) is 87.2 Å². The average molecular weight is 426 g/mol. The van der Waals surface area contributed by atoms with Gasteiger partial charge in [-0.2, -0.15) is 0 Å². The molecule has 10 atom stereocenters. The number of Topliss-reactive ketones (excluding diaryl/α,β-unsaturated/α-hetero) is 1. The number of piperidine rings is 1. The Morgan fingerprint density at radius 2 is 2.03 bits per heavy atom. The predicted molar refractivity (Wildman–Crippen MR) is 120 cm³/mol. The molecule has 4 aliphatic carbocycles. The fourth-order valence-electron chi connectivity index (χ4n) is 8.93. The van der Waals surface area contributed by atoms with E-state index < -0.39 is 0 Å². The summed E-state index contributed by atoms with van der Waals surface area (Å²) in [5, 5.41) is 14.0. The highest BCUT2D eigenvalue weighted by molar-refractivity contribution is 6.02. The molecule has 0 amide bonds. The van der Waals surface area contributed by atoms with Crippen molar-refractivity contribution in [3.8, 4) is 0 Å². The van der Waals surface area contributed by atoms with Crippen LogP contribution in [0, 0.1) is 35.0 Å². The van der Waals surface area contributed by atoms with Gasteiger partial charge in [0.1, 0.15) is 0 Å². The van der Waals surface area contributed by atoms with Crippen LogP contribution in [0.25, 0.3) is 0 Å². The smallest absolute Gasteiger partial charge is 0.163 e. The molecule has 4 nitrogen and oxygen atoms in total. The normalized spacial score (nSPS) is 53.7. The summed E-state index contributed by atoms with van der Waals surface area (Å²) < 4.78 is 6.93. The molecule has 0 aromatic carbocycles. The SMILES string of the molecule is CC1=C2C(=O)C3C(CC=C4CC(O)CCC43C)C2CC[C@]12O[C@@H]1CC(C)CN[C@H]1C2C. The number of hydrogen-bond acceptors (Lipinski definition) is 4. The van der Waals surface area contributed by atoms with Crippen molar-refractivity contribution in [2.45, 2.75) is 96.5 Å². The molecule has 2 saturated carbocycles. The molecule has 1 spiro atoms. The topological polar surface area (TPSA) is 58.6 Å². The van der Waals surface area contributed by atoms with Crippen LogP contribution in [-0.4, -0.2) is 41.3 Å². The summed E-state index contributed by atoms with van der Waals surface area (Å²) in [6.07, 6.45) is 9.23. The highest BCUT2D eigenvalue weighted by Gasteiger charge is 2.63. The Morgan fingerprint density at radius 1 is 1.23 bits per heavy atom. The molecule has 6 rings (SSSR count). The van der Waals surface area contributed by atoms with Crippen LogP contribution in [0.2, 0.25) is 0 Å². The number of aliphatic hydroxyl groups excluding tert-OH is 1. The van der Waals surface area contributed by atoms with Crippen LogP contribution < -0.4 is 5.32 Å². The molecule has 0 bridgehead atoms. The highest BCUT2D eigenvalue weighted by Crippen LogP contribution is 2.63. The van der Waals surface area contributed by atoms with Gasteiger partial charge in [-0.1, -0.05) is 32.4 Å². The number of ether oxygens (including phenoxy) is 1. The first-order valence-corrected chi connectivity index (χ1v) is 12.8. The van der Waals surface area contributed by atoms with Gasteiger partial charge >= 0.3 is 0 Å². The molecule has 2 N–H and O–H groups in total. The van der Waals surface area contributed by atoms with Crippen LogP contribution in [0.5, 0.6) is 0 Å². The van der Waals surface area contributed by atoms with Crippen molar-refractivity contribution in [3.05, 3.63) is 22.8 Å². The van der Waals surface area contributed by atoms with Gasteiger partial charge in [0.05, 0.1) is 17.8 Å². The van der Waals surface area contributed by atoms with Crippen LogP contribution >= 0.6 is 0 Å². The minimum absolute atomic E-state index is 0.0653. The number of rotatable bonds is 0. The number of hydrogen-bond donors (Lipinski definition) is 2. The van der Waals surface area contributed by atoms with Crippen LogP contribution in [-0.2, 0) is 9.53 Å². The molecule has 2 aliphatic heterocycles. The summed E-state index contributed by atoms with van der Waals surface area (Å²) in [6, 6.07) is 0.410. The fraction of sp³-hybridized carbons (Fsp3) is 0.815. The lowest BCUT2D eigenvalue weighted by Crippen LogP contribution is -2.49. The second kappa shape index (κ2) is 6.77. The summed E-state index contributed by atoms with van der Waals surface area (Å²) in [4.78, 5) is 14.1. The summed E-state index contributed by atoms with van der Waals surface area (Å²) in [5.41, 5.74) is 3.43. The van der Waals surface area contributed by atoms with E-state index in [0.717, 1.165) is 57.1 Å². The second-order valence-electron chi connectivity index (χ2n) is 12.1. The third-order valence-electron chi connectivity index (χ3n) is 10.6. The molecular weight excluding hydrogens is 386 g/mol. The highest BCUT2D eigenvalue weighted by atomic mass is 16.5. The van der Waals surface area contributed by atoms with E-state index in [0.29, 0.717) is 35.5 Å². The molecule has 31 heavy (non-hydrogen) atoms. The number of aliphatic hydroxyl groups is 1. The lowest BCUT2D eigenvalue weighted by Gasteiger charge is -2.48. The summed E-state index contributed by atoms with van der Waals surface area (Å²) in [7, 11) is 0. The van der Waals surface area contributed by atoms with Crippen LogP contribution in [0.3, 0.4) is 0 Å². The van der Waals surface area contributed by atoms with E-state index in [2.05, 4.69) is 39.1 Å². The minimum atomic E-state index is -0.263. The van der Waals surface area contributed by atoms with Gasteiger partial charge < -0.3 is 15.2 Å². The van der Waals surface area contributed by atoms with Crippen molar-refractivity contribution in [1.29, 1.82) is 0 Å². The number of fused-ring (bicyclic) bond motifs is 6. The molecule has 170 valence electrons. The third-order valence-corrected chi connectivity index (χ3v) is 10.6. The fourth-order valence-corrected chi connectivity index (χ4v) is 8.93. The number of nitrogens with one attached hydrogen (secondary N) is 1. The third kappa shape index (κ3) is 2.62. The van der Waals surface area contributed by atoms with Gasteiger partial charge in [-0.3, -0.25) is 4.79 Å². The monoisotopic (exact) mass is 425 g/mol. The van der Waals surface area contributed by atoms with Gasteiger partial charge in [-0.15, -0.1) is 0 Å². The Kier molecular flexibility index (Phi) is 4.51. The number of carbonyl (C=O) groups excluding carboxylic acids is 1. The Morgan fingerprint density at radius 3 is 2.84 bits per heavy atom. The minimum Gasteiger partial charge on any atom is -0.393 e. The molecule has 4 fully saturated rings. The van der Waals surface area contributed by atoms with Crippen molar-refractivity contribution in [2.24, 2.45) is 35.0 Å². The van der Waals surface area contributed by atoms with Crippen LogP contribution in [0.4, 0.5) is 0 Å². The summed E-state index contributed by atoms with van der Waals surface area (Å²) in [6.45, 7) is 10.3. The van der Waals surface area contributed by atoms with Crippen LogP contribution in [0.1, 0.15) is 72.6 Å². The molecule has 6 aliphatic rings. The van der Waals surface area contributed by atoms with E-state index in [1.165, 1.54) is 11.1 Å². The molecule has 0 radical (unpaired) electrons. The summed E-state index contributed by atoms with van der Waals surface area (Å²) in [5.74, 6) is 2.41. The van der Waals surface area contributed by atoms with Gasteiger partial charge in [0.25, 0.3) is 0 Å². The first kappa shape index (κ1) is 20.6. The van der Waals surface area contributed by atoms with Crippen LogP contribution in [0.15, 0.2) is 22.8 Å². The maximum atomic E-state index is 14.1. The molecular formula is C27H39NO3. The standard InChI is InChI=1S/C27H39NO3/c1-14-11-21-24(28-13-14)16(3)27(31-21)10-8-19-20-6-5-17-12-18(29)7-9-26(17,4)23(20)25(30)22(19)15(27)2/h5,14,16,18-21,23-24,28-29H,6-13H2,1-4H3/t14?,16?,18?,19?,20?,21-,23?,24+,26?,27+/m1/s1. The van der Waals surface area contributed by atoms with Crippen molar-refractivity contribution in [1.82, 2.24) is 5.32 Å². The van der Waals surface area contributed by atoms with E-state index in [9.17, 15) is 9.90 Å². The lowest BCUT2D eigenvalue weighted by molar-refractivity contribution is -0.123. The zero-order chi connectivity index (χ0) is 21.7. The molecule has 0 aromatic heterocycles. The Hall–Kier alpha value is -0.970. The van der Waals surface area contributed by atoms with Gasteiger partial charge in [0, 0.05) is 23.5 Å². The first-order chi connectivity index (χ1) is 14.8. The zero-order valence-electron chi connectivity index (χ0n) is 19.6. The van der Waals surface area contributed by atoms with Crippen molar-refractivity contribution in [3.63, 3.8) is 0 Å². The lowest BCUT2D eigenvalue weighted by atomic mass is 9.56. The van der Waals surface area contributed by atoms with Crippen molar-refractivity contribution < 1.29 is 14.6 Å². The van der Waals surface area contributed by atoms with Gasteiger partial charge in [-0.25, -0.2) is 0 Å². The van der Waals surface area contributed by atoms with E-state index in [1.807, 2.05) is 0 Å². The maximum Gasteiger partial charge on any atom is 0.163 e. The van der Waals surface area contributed by atoms with E-state index in [-0.39, 0.29) is 29.1 Å². The molecule has 4 heteroatoms. The van der Waals surface area contributed by atoms with Gasteiger partial charge in [0.15, 0.2) is 5.78 Å². The average Bonchev–Trinajstić information content (AvgIpc) is 3.18. The number of carbonyl (C=O) groups is 1. The number of ketones is 1. The summed E-state index contributed by atoms with van der Waals surface area (Å²) >= 11 is 0. The van der Waals surface area contributed by atoms with Gasteiger partial charge in [0.2, 0.25) is 0 Å². The quantitative estimate of drug-likeness (QED) is 0.572. The van der Waals surface area contributed by atoms with E-state index in [1.54, 1.807) is 0 Å². The Labute approximate surface area is 186 Å². The largest absolute Gasteiger partial charge is 0.393 e. The first-order valence-electron chi connectivity index (χ1n) is 12.8. The van der Waals surface area contributed by atoms with Crippen molar-refractivity contribution >= 4 is 5.78 Å². The molecule has 0 aromatic rings. The Balaban J connectivity index is 1.39. The predicted octanol–water partition coefficient (Wildman–Crippen LogP) is 4.18.